The summed E-state index contributed by atoms with van der Waals surface area (Å²) >= 11 is 0. The highest BCUT2D eigenvalue weighted by atomic mass is 19.1. The van der Waals surface area contributed by atoms with Gasteiger partial charge in [0.05, 0.1) is 35.5 Å². The number of carbonyl (C=O) groups is 1. The Bertz CT molecular complexity index is 1100. The number of benzene rings is 1. The molecule has 2 aromatic heterocycles. The second-order valence-electron chi connectivity index (χ2n) is 7.61. The second kappa shape index (κ2) is 6.89. The zero-order chi connectivity index (χ0) is 20.1. The van der Waals surface area contributed by atoms with Crippen LogP contribution in [0.3, 0.4) is 0 Å². The molecule has 2 aliphatic rings. The van der Waals surface area contributed by atoms with Gasteiger partial charge in [-0.25, -0.2) is 13.3 Å². The summed E-state index contributed by atoms with van der Waals surface area (Å²) < 4.78 is 29.7. The van der Waals surface area contributed by atoms with Crippen molar-refractivity contribution in [2.24, 2.45) is 0 Å². The third-order valence-corrected chi connectivity index (χ3v) is 5.89. The number of nitrogens with zero attached hydrogens (tertiary/aromatic N) is 3. The minimum Gasteiger partial charge on any atom is -0.390 e. The molecule has 150 valence electrons. The van der Waals surface area contributed by atoms with E-state index in [1.54, 1.807) is 10.7 Å². The largest absolute Gasteiger partial charge is 0.390 e. The SMILES string of the molecule is O=C(c1cnn2ccc(N3CCCC3c3cc(F)ccc3F)cc12)C1NCC1O. The van der Waals surface area contributed by atoms with Crippen molar-refractivity contribution in [3.05, 3.63) is 65.5 Å². The number of Topliss-reactive ketones (excluding diaryl/α,β-unsaturated/α-hetero) is 1. The first kappa shape index (κ1) is 18.2. The van der Waals surface area contributed by atoms with E-state index in [1.165, 1.54) is 12.3 Å². The Kier molecular flexibility index (Phi) is 4.33. The van der Waals surface area contributed by atoms with Crippen molar-refractivity contribution >= 4 is 17.0 Å². The molecular formula is C21H20F2N4O2. The maximum Gasteiger partial charge on any atom is 0.186 e. The van der Waals surface area contributed by atoms with Crippen molar-refractivity contribution in [2.75, 3.05) is 18.0 Å². The zero-order valence-electron chi connectivity index (χ0n) is 15.6. The van der Waals surface area contributed by atoms with Gasteiger partial charge in [0, 0.05) is 30.5 Å². The monoisotopic (exact) mass is 398 g/mol. The Balaban J connectivity index is 1.52. The van der Waals surface area contributed by atoms with Crippen LogP contribution in [0.2, 0.25) is 0 Å². The van der Waals surface area contributed by atoms with Gasteiger partial charge in [-0.15, -0.1) is 0 Å². The van der Waals surface area contributed by atoms with Gasteiger partial charge in [0.1, 0.15) is 11.6 Å². The first-order valence-electron chi connectivity index (χ1n) is 9.67. The maximum atomic E-state index is 14.4. The lowest BCUT2D eigenvalue weighted by Gasteiger charge is -2.32. The van der Waals surface area contributed by atoms with Crippen LogP contribution >= 0.6 is 0 Å². The number of halogens is 2. The van der Waals surface area contributed by atoms with Crippen LogP contribution in [0.25, 0.3) is 5.52 Å². The smallest absolute Gasteiger partial charge is 0.186 e. The van der Waals surface area contributed by atoms with E-state index >= 15 is 0 Å². The molecule has 4 heterocycles. The Labute approximate surface area is 165 Å². The number of rotatable bonds is 4. The summed E-state index contributed by atoms with van der Waals surface area (Å²) in [5.41, 5.74) is 2.21. The van der Waals surface area contributed by atoms with E-state index in [1.807, 2.05) is 17.0 Å². The van der Waals surface area contributed by atoms with Crippen LogP contribution in [0.1, 0.15) is 34.8 Å². The topological polar surface area (TPSA) is 69.9 Å². The summed E-state index contributed by atoms with van der Waals surface area (Å²) in [6.07, 6.45) is 4.13. The van der Waals surface area contributed by atoms with Crippen LogP contribution in [0.4, 0.5) is 14.5 Å². The van der Waals surface area contributed by atoms with E-state index in [4.69, 9.17) is 0 Å². The number of ketones is 1. The minimum absolute atomic E-state index is 0.204. The summed E-state index contributed by atoms with van der Waals surface area (Å²) in [6.45, 7) is 1.10. The van der Waals surface area contributed by atoms with Crippen LogP contribution in [0.15, 0.2) is 42.7 Å². The second-order valence-corrected chi connectivity index (χ2v) is 7.61. The number of fused-ring (bicyclic) bond motifs is 1. The molecule has 0 amide bonds. The maximum absolute atomic E-state index is 14.4. The highest BCUT2D eigenvalue weighted by Gasteiger charge is 2.36. The van der Waals surface area contributed by atoms with E-state index in [-0.39, 0.29) is 11.8 Å². The standard InChI is InChI=1S/C21H20F2N4O2/c22-12-3-4-16(23)14(8-12)17-2-1-6-26(17)13-5-7-27-18(9-13)15(10-25-27)21(29)20-19(28)11-24-20/h3-5,7-10,17,19-20,24,28H,1-2,6,11H2. The third-order valence-electron chi connectivity index (χ3n) is 5.89. The zero-order valence-corrected chi connectivity index (χ0v) is 15.6. The van der Waals surface area contributed by atoms with Crippen molar-refractivity contribution in [3.63, 3.8) is 0 Å². The van der Waals surface area contributed by atoms with Gasteiger partial charge in [-0.05, 0) is 43.2 Å². The molecule has 8 heteroatoms. The van der Waals surface area contributed by atoms with Gasteiger partial charge in [0.2, 0.25) is 0 Å². The van der Waals surface area contributed by atoms with Crippen LogP contribution in [-0.4, -0.2) is 45.7 Å². The lowest BCUT2D eigenvalue weighted by Crippen LogP contribution is -2.61. The number of aliphatic hydroxyl groups excluding tert-OH is 1. The third kappa shape index (κ3) is 2.99. The van der Waals surface area contributed by atoms with E-state index in [0.717, 1.165) is 30.7 Å². The number of β-amino-alcohol motifs (C(OH)–C–C–N with tert-alkyl or cyclic N) is 1. The Morgan fingerprint density at radius 1 is 1.24 bits per heavy atom. The fraction of sp³-hybridized carbons (Fsp3) is 0.333. The molecule has 3 aromatic rings. The number of aromatic nitrogens is 2. The number of pyridine rings is 1. The molecule has 3 atom stereocenters. The van der Waals surface area contributed by atoms with Crippen molar-refractivity contribution in [1.82, 2.24) is 14.9 Å². The van der Waals surface area contributed by atoms with Crippen LogP contribution in [0.5, 0.6) is 0 Å². The molecular weight excluding hydrogens is 378 g/mol. The molecule has 3 unspecified atom stereocenters. The predicted molar refractivity (Wildman–Crippen MR) is 103 cm³/mol. The summed E-state index contributed by atoms with van der Waals surface area (Å²) in [7, 11) is 0. The number of carbonyl (C=O) groups excluding carboxylic acids is 1. The normalized spacial score (nSPS) is 24.1. The van der Waals surface area contributed by atoms with Gasteiger partial charge >= 0.3 is 0 Å². The van der Waals surface area contributed by atoms with Crippen molar-refractivity contribution in [2.45, 2.75) is 31.0 Å². The number of nitrogens with one attached hydrogen (secondary N) is 1. The lowest BCUT2D eigenvalue weighted by molar-refractivity contribution is 0.0486. The van der Waals surface area contributed by atoms with Crippen molar-refractivity contribution in [3.8, 4) is 0 Å². The van der Waals surface area contributed by atoms with Gasteiger partial charge in [-0.1, -0.05) is 0 Å². The van der Waals surface area contributed by atoms with E-state index in [9.17, 15) is 18.7 Å². The first-order valence-corrected chi connectivity index (χ1v) is 9.67. The highest BCUT2D eigenvalue weighted by molar-refractivity contribution is 6.06. The van der Waals surface area contributed by atoms with Gasteiger partial charge in [0.25, 0.3) is 0 Å². The molecule has 6 nitrogen and oxygen atoms in total. The van der Waals surface area contributed by atoms with Crippen LogP contribution in [0, 0.1) is 11.6 Å². The Morgan fingerprint density at radius 3 is 2.86 bits per heavy atom. The number of aliphatic hydroxyl groups is 1. The van der Waals surface area contributed by atoms with Crippen molar-refractivity contribution in [1.29, 1.82) is 0 Å². The summed E-state index contributed by atoms with van der Waals surface area (Å²) in [5, 5.41) is 17.0. The molecule has 2 fully saturated rings. The predicted octanol–water partition coefficient (Wildman–Crippen LogP) is 2.47. The molecule has 2 saturated heterocycles. The number of anilines is 1. The van der Waals surface area contributed by atoms with E-state index in [0.29, 0.717) is 29.7 Å². The Morgan fingerprint density at radius 2 is 2.10 bits per heavy atom. The van der Waals surface area contributed by atoms with Crippen LogP contribution < -0.4 is 10.2 Å². The average molecular weight is 398 g/mol. The summed E-state index contributed by atoms with van der Waals surface area (Å²) in [4.78, 5) is 14.8. The highest BCUT2D eigenvalue weighted by Crippen LogP contribution is 2.38. The fourth-order valence-electron chi connectivity index (χ4n) is 4.28. The van der Waals surface area contributed by atoms with Crippen LogP contribution in [-0.2, 0) is 0 Å². The molecule has 1 aromatic carbocycles. The Hall–Kier alpha value is -2.84. The molecule has 0 aliphatic carbocycles. The lowest BCUT2D eigenvalue weighted by atomic mass is 9.94. The molecule has 0 spiro atoms. The molecule has 2 N–H and O–H groups in total. The van der Waals surface area contributed by atoms with E-state index in [2.05, 4.69) is 10.4 Å². The van der Waals surface area contributed by atoms with Crippen molar-refractivity contribution < 1.29 is 18.7 Å². The first-order chi connectivity index (χ1) is 14.0. The number of hydrogen-bond acceptors (Lipinski definition) is 5. The average Bonchev–Trinajstić information content (AvgIpc) is 3.35. The van der Waals surface area contributed by atoms with Gasteiger partial charge in [-0.2, -0.15) is 5.10 Å². The summed E-state index contributed by atoms with van der Waals surface area (Å²) in [5.74, 6) is -1.08. The molecule has 29 heavy (non-hydrogen) atoms. The molecule has 0 saturated carbocycles. The molecule has 5 rings (SSSR count). The minimum atomic E-state index is -0.695. The molecule has 0 bridgehead atoms. The van der Waals surface area contributed by atoms with Gasteiger partial charge in [-0.3, -0.25) is 4.79 Å². The van der Waals surface area contributed by atoms with E-state index < -0.39 is 23.8 Å². The van der Waals surface area contributed by atoms with Gasteiger partial charge < -0.3 is 15.3 Å². The number of hydrogen-bond donors (Lipinski definition) is 2. The fourth-order valence-corrected chi connectivity index (χ4v) is 4.28. The summed E-state index contributed by atoms with van der Waals surface area (Å²) in [6, 6.07) is 6.36. The molecule has 2 aliphatic heterocycles. The van der Waals surface area contributed by atoms with Gasteiger partial charge in [0.15, 0.2) is 5.78 Å². The quantitative estimate of drug-likeness (QED) is 0.661. The molecule has 0 radical (unpaired) electrons.